The van der Waals surface area contributed by atoms with E-state index in [-0.39, 0.29) is 12.0 Å². The fraction of sp³-hybridized carbons (Fsp3) is 0.533. The molecule has 0 saturated carbocycles. The quantitative estimate of drug-likeness (QED) is 0.803. The third kappa shape index (κ3) is 2.33. The summed E-state index contributed by atoms with van der Waals surface area (Å²) in [6, 6.07) is 8.38. The van der Waals surface area contributed by atoms with E-state index in [0.717, 1.165) is 19.4 Å². The van der Waals surface area contributed by atoms with E-state index in [4.69, 9.17) is 9.47 Å². The van der Waals surface area contributed by atoms with E-state index >= 15 is 0 Å². The molecule has 1 aromatic rings. The van der Waals surface area contributed by atoms with Crippen molar-refractivity contribution in [3.8, 4) is 0 Å². The number of hydrogen-bond acceptors (Lipinski definition) is 3. The summed E-state index contributed by atoms with van der Waals surface area (Å²) >= 11 is 0. The van der Waals surface area contributed by atoms with Gasteiger partial charge < -0.3 is 9.47 Å². The summed E-state index contributed by atoms with van der Waals surface area (Å²) in [5.41, 5.74) is 2.61. The Morgan fingerprint density at radius 3 is 2.94 bits per heavy atom. The third-order valence-electron chi connectivity index (χ3n) is 3.86. The second-order valence-corrected chi connectivity index (χ2v) is 5.03. The fourth-order valence-corrected chi connectivity index (χ4v) is 2.83. The van der Waals surface area contributed by atoms with Gasteiger partial charge in [0.05, 0.1) is 25.9 Å². The lowest BCUT2D eigenvalue weighted by Gasteiger charge is -2.30. The Labute approximate surface area is 107 Å². The predicted octanol–water partition coefficient (Wildman–Crippen LogP) is 2.30. The minimum absolute atomic E-state index is 0.00917. The van der Waals surface area contributed by atoms with Gasteiger partial charge in [-0.1, -0.05) is 24.3 Å². The molecular formula is C15H18O3. The number of rotatable bonds is 2. The number of carbonyl (C=O) groups excluding carboxylic acids is 1. The highest BCUT2D eigenvalue weighted by Gasteiger charge is 2.29. The van der Waals surface area contributed by atoms with Crippen LogP contribution in [0.5, 0.6) is 0 Å². The molecule has 0 amide bonds. The minimum Gasteiger partial charge on any atom is -0.380 e. The molecule has 2 heterocycles. The Morgan fingerprint density at radius 2 is 2.06 bits per heavy atom. The fourth-order valence-electron chi connectivity index (χ4n) is 2.83. The van der Waals surface area contributed by atoms with Crippen LogP contribution in [0.3, 0.4) is 0 Å². The van der Waals surface area contributed by atoms with Gasteiger partial charge in [0.25, 0.3) is 0 Å². The van der Waals surface area contributed by atoms with Crippen LogP contribution in [0.15, 0.2) is 24.3 Å². The molecule has 18 heavy (non-hydrogen) atoms. The largest absolute Gasteiger partial charge is 0.380 e. The molecule has 0 radical (unpaired) electrons. The topological polar surface area (TPSA) is 35.5 Å². The zero-order valence-corrected chi connectivity index (χ0v) is 10.4. The van der Waals surface area contributed by atoms with E-state index in [2.05, 4.69) is 18.2 Å². The van der Waals surface area contributed by atoms with Crippen LogP contribution in [-0.4, -0.2) is 25.6 Å². The van der Waals surface area contributed by atoms with Gasteiger partial charge in [0.2, 0.25) is 0 Å². The Kier molecular flexibility index (Phi) is 3.43. The molecule has 0 aliphatic carbocycles. The van der Waals surface area contributed by atoms with E-state index in [1.54, 1.807) is 0 Å². The van der Waals surface area contributed by atoms with Gasteiger partial charge in [-0.05, 0) is 24.0 Å². The van der Waals surface area contributed by atoms with Crippen LogP contribution in [0.1, 0.15) is 30.1 Å². The summed E-state index contributed by atoms with van der Waals surface area (Å²) in [5, 5.41) is 0. The van der Waals surface area contributed by atoms with Crippen LogP contribution in [0.2, 0.25) is 0 Å². The molecule has 3 nitrogen and oxygen atoms in total. The molecule has 2 atom stereocenters. The van der Waals surface area contributed by atoms with Crippen molar-refractivity contribution < 1.29 is 14.3 Å². The number of fused-ring (bicyclic) bond motifs is 1. The highest BCUT2D eigenvalue weighted by Crippen LogP contribution is 2.33. The lowest BCUT2D eigenvalue weighted by Crippen LogP contribution is -2.30. The zero-order chi connectivity index (χ0) is 12.4. The average Bonchev–Trinajstić information content (AvgIpc) is 2.42. The molecule has 2 unspecified atom stereocenters. The molecule has 1 saturated heterocycles. The van der Waals surface area contributed by atoms with E-state index < -0.39 is 0 Å². The van der Waals surface area contributed by atoms with Gasteiger partial charge in [-0.2, -0.15) is 0 Å². The zero-order valence-electron chi connectivity index (χ0n) is 10.4. The highest BCUT2D eigenvalue weighted by molar-refractivity contribution is 5.81. The molecule has 1 aromatic carbocycles. The van der Waals surface area contributed by atoms with Gasteiger partial charge in [0, 0.05) is 12.3 Å². The van der Waals surface area contributed by atoms with Crippen LogP contribution in [0.25, 0.3) is 0 Å². The Balaban J connectivity index is 1.75. The van der Waals surface area contributed by atoms with Gasteiger partial charge in [0.15, 0.2) is 0 Å². The Bertz CT molecular complexity index is 441. The number of carbonyl (C=O) groups is 1. The van der Waals surface area contributed by atoms with Crippen LogP contribution in [0.4, 0.5) is 0 Å². The van der Waals surface area contributed by atoms with Crippen LogP contribution in [0, 0.1) is 5.92 Å². The van der Waals surface area contributed by atoms with Crippen molar-refractivity contribution in [2.75, 3.05) is 19.8 Å². The Hall–Kier alpha value is -1.19. The molecule has 96 valence electrons. The summed E-state index contributed by atoms with van der Waals surface area (Å²) in [6.45, 7) is 1.89. The molecule has 3 rings (SSSR count). The average molecular weight is 246 g/mol. The maximum absolute atomic E-state index is 11.8. The first-order valence-electron chi connectivity index (χ1n) is 6.64. The number of benzene rings is 1. The van der Waals surface area contributed by atoms with Crippen molar-refractivity contribution in [2.45, 2.75) is 25.4 Å². The molecular weight excluding hydrogens is 228 g/mol. The second kappa shape index (κ2) is 5.21. The summed E-state index contributed by atoms with van der Waals surface area (Å²) in [5.74, 6) is 0.336. The van der Waals surface area contributed by atoms with Gasteiger partial charge in [-0.25, -0.2) is 0 Å². The third-order valence-corrected chi connectivity index (χ3v) is 3.86. The number of hydrogen-bond donors (Lipinski definition) is 0. The van der Waals surface area contributed by atoms with Gasteiger partial charge in [-0.15, -0.1) is 0 Å². The summed E-state index contributed by atoms with van der Waals surface area (Å²) in [4.78, 5) is 11.8. The molecule has 0 aromatic heterocycles. The first kappa shape index (κ1) is 11.9. The van der Waals surface area contributed by atoms with Gasteiger partial charge in [-0.3, -0.25) is 4.79 Å². The van der Waals surface area contributed by atoms with Crippen molar-refractivity contribution in [3.05, 3.63) is 35.4 Å². The maximum Gasteiger partial charge on any atom is 0.140 e. The van der Waals surface area contributed by atoms with E-state index in [1.165, 1.54) is 11.1 Å². The molecule has 0 N–H and O–H groups in total. The Morgan fingerprint density at radius 1 is 1.17 bits per heavy atom. The monoisotopic (exact) mass is 246 g/mol. The molecule has 2 aliphatic rings. The predicted molar refractivity (Wildman–Crippen MR) is 67.4 cm³/mol. The SMILES string of the molecule is O=C1CCOCC1CC1OCCc2ccccc21. The van der Waals surface area contributed by atoms with Crippen molar-refractivity contribution >= 4 is 5.78 Å². The standard InChI is InChI=1S/C15H18O3/c16-14-6-7-17-10-12(14)9-15-13-4-2-1-3-11(13)5-8-18-15/h1-4,12,15H,5-10H2. The van der Waals surface area contributed by atoms with Crippen LogP contribution < -0.4 is 0 Å². The highest BCUT2D eigenvalue weighted by atomic mass is 16.5. The molecule has 1 fully saturated rings. The van der Waals surface area contributed by atoms with Gasteiger partial charge >= 0.3 is 0 Å². The lowest BCUT2D eigenvalue weighted by atomic mass is 9.88. The van der Waals surface area contributed by atoms with Crippen molar-refractivity contribution in [1.29, 1.82) is 0 Å². The smallest absolute Gasteiger partial charge is 0.140 e. The second-order valence-electron chi connectivity index (χ2n) is 5.03. The number of ether oxygens (including phenoxy) is 2. The lowest BCUT2D eigenvalue weighted by molar-refractivity contribution is -0.132. The van der Waals surface area contributed by atoms with Crippen LogP contribution in [-0.2, 0) is 20.7 Å². The maximum atomic E-state index is 11.8. The number of Topliss-reactive ketones (excluding diaryl/α,β-unsaturated/α-hetero) is 1. The van der Waals surface area contributed by atoms with E-state index in [9.17, 15) is 4.79 Å². The van der Waals surface area contributed by atoms with Crippen molar-refractivity contribution in [1.82, 2.24) is 0 Å². The summed E-state index contributed by atoms with van der Waals surface area (Å²) in [6.07, 6.45) is 2.35. The van der Waals surface area contributed by atoms with Crippen molar-refractivity contribution in [2.24, 2.45) is 5.92 Å². The van der Waals surface area contributed by atoms with Gasteiger partial charge in [0.1, 0.15) is 5.78 Å². The van der Waals surface area contributed by atoms with Crippen LogP contribution >= 0.6 is 0 Å². The van der Waals surface area contributed by atoms with Crippen molar-refractivity contribution in [3.63, 3.8) is 0 Å². The minimum atomic E-state index is 0.00917. The molecule has 0 spiro atoms. The first-order chi connectivity index (χ1) is 8.84. The molecule has 2 aliphatic heterocycles. The normalized spacial score (nSPS) is 27.9. The molecule has 3 heteroatoms. The first-order valence-corrected chi connectivity index (χ1v) is 6.64. The van der Waals surface area contributed by atoms with E-state index in [1.807, 2.05) is 6.07 Å². The summed E-state index contributed by atoms with van der Waals surface area (Å²) in [7, 11) is 0. The summed E-state index contributed by atoms with van der Waals surface area (Å²) < 4.78 is 11.3. The molecule has 0 bridgehead atoms. The number of ketones is 1. The van der Waals surface area contributed by atoms with E-state index in [0.29, 0.717) is 25.4 Å².